The lowest BCUT2D eigenvalue weighted by atomic mass is 9.94. The van der Waals surface area contributed by atoms with Gasteiger partial charge in [0.25, 0.3) is 17.5 Å². The molecule has 162 valence electrons. The molecular weight excluding hydrogens is 430 g/mol. The molecule has 0 atom stereocenters. The Bertz CT molecular complexity index is 1660. The Balaban J connectivity index is 1.52. The summed E-state index contributed by atoms with van der Waals surface area (Å²) < 4.78 is 0. The number of imide groups is 1. The van der Waals surface area contributed by atoms with Crippen LogP contribution in [0.3, 0.4) is 0 Å². The average molecular weight is 445 g/mol. The minimum Gasteiger partial charge on any atom is -0.267 e. The lowest BCUT2D eigenvalue weighted by molar-refractivity contribution is -0.383. The molecule has 7 heteroatoms. The summed E-state index contributed by atoms with van der Waals surface area (Å²) in [5.41, 5.74) is 1.05. The first-order valence-electron chi connectivity index (χ1n) is 10.6. The first-order chi connectivity index (χ1) is 16.5. The van der Waals surface area contributed by atoms with E-state index < -0.39 is 16.7 Å². The molecule has 5 aromatic carbocycles. The fraction of sp³-hybridized carbons (Fsp3) is 0. The lowest BCUT2D eigenvalue weighted by Crippen LogP contribution is -2.36. The molecule has 0 radical (unpaired) electrons. The van der Waals surface area contributed by atoms with Crippen LogP contribution in [0.15, 0.2) is 90.0 Å². The largest absolute Gasteiger partial charge is 0.282 e. The summed E-state index contributed by atoms with van der Waals surface area (Å²) in [6.07, 6.45) is 1.54. The molecule has 0 aliphatic carbocycles. The second kappa shape index (κ2) is 7.31. The maximum atomic E-state index is 13.3. The standard InChI is InChI=1S/C27H15N3O4/c31-26-21-11-5-10-20-24(30(33)34)13-12-22(25(20)21)27(32)29(26)28-15-23-18-8-3-1-6-16(18)14-17-7-2-4-9-19(17)23/h1-15H. The van der Waals surface area contributed by atoms with E-state index in [1.54, 1.807) is 18.2 Å². The third kappa shape index (κ3) is 2.80. The minimum absolute atomic E-state index is 0.152. The number of rotatable bonds is 3. The summed E-state index contributed by atoms with van der Waals surface area (Å²) in [7, 11) is 0. The van der Waals surface area contributed by atoms with Gasteiger partial charge in [-0.15, -0.1) is 0 Å². The van der Waals surface area contributed by atoms with Gasteiger partial charge in [-0.05, 0) is 45.8 Å². The molecule has 0 unspecified atom stereocenters. The van der Waals surface area contributed by atoms with Crippen LogP contribution >= 0.6 is 0 Å². The van der Waals surface area contributed by atoms with Crippen LogP contribution in [0.5, 0.6) is 0 Å². The molecule has 6 rings (SSSR count). The van der Waals surface area contributed by atoms with Gasteiger partial charge in [-0.2, -0.15) is 10.1 Å². The number of amides is 2. The number of carbonyl (C=O) groups is 2. The number of nitro groups is 1. The normalized spacial score (nSPS) is 13.5. The molecule has 0 N–H and O–H groups in total. The van der Waals surface area contributed by atoms with Gasteiger partial charge in [-0.1, -0.05) is 54.6 Å². The van der Waals surface area contributed by atoms with Gasteiger partial charge >= 0.3 is 0 Å². The average Bonchev–Trinajstić information content (AvgIpc) is 2.86. The Morgan fingerprint density at radius 1 is 0.735 bits per heavy atom. The van der Waals surface area contributed by atoms with Crippen LogP contribution < -0.4 is 0 Å². The van der Waals surface area contributed by atoms with Crippen LogP contribution in [0.1, 0.15) is 26.3 Å². The Morgan fingerprint density at radius 3 is 1.97 bits per heavy atom. The third-order valence-corrected chi connectivity index (χ3v) is 6.18. The molecule has 7 nitrogen and oxygen atoms in total. The molecule has 0 spiro atoms. The highest BCUT2D eigenvalue weighted by atomic mass is 16.6. The molecule has 0 saturated carbocycles. The Morgan fingerprint density at radius 2 is 1.32 bits per heavy atom. The van der Waals surface area contributed by atoms with Crippen molar-refractivity contribution in [2.75, 3.05) is 0 Å². The summed E-state index contributed by atoms with van der Waals surface area (Å²) in [5, 5.41) is 21.1. The number of nitro benzene ring substituents is 1. The zero-order chi connectivity index (χ0) is 23.4. The van der Waals surface area contributed by atoms with Gasteiger partial charge in [0, 0.05) is 17.0 Å². The van der Waals surface area contributed by atoms with Gasteiger partial charge < -0.3 is 0 Å². The second-order valence-corrected chi connectivity index (χ2v) is 8.02. The topological polar surface area (TPSA) is 92.9 Å². The van der Waals surface area contributed by atoms with E-state index in [1.165, 1.54) is 18.3 Å². The van der Waals surface area contributed by atoms with Gasteiger partial charge in [0.15, 0.2) is 0 Å². The van der Waals surface area contributed by atoms with Crippen molar-refractivity contribution in [2.24, 2.45) is 5.10 Å². The number of carbonyl (C=O) groups excluding carboxylic acids is 2. The highest BCUT2D eigenvalue weighted by molar-refractivity contribution is 6.26. The van der Waals surface area contributed by atoms with Crippen LogP contribution in [0.4, 0.5) is 5.69 Å². The second-order valence-electron chi connectivity index (χ2n) is 8.02. The monoisotopic (exact) mass is 445 g/mol. The van der Waals surface area contributed by atoms with Crippen LogP contribution in [0.25, 0.3) is 32.3 Å². The summed E-state index contributed by atoms with van der Waals surface area (Å²) in [4.78, 5) is 37.5. The SMILES string of the molecule is O=C1c2cccc3c([N+](=O)[O-])ccc(c23)C(=O)N1N=Cc1c2ccccc2cc2ccccc12. The number of benzene rings is 5. The summed E-state index contributed by atoms with van der Waals surface area (Å²) in [5.74, 6) is -1.24. The molecule has 2 amide bonds. The van der Waals surface area contributed by atoms with Gasteiger partial charge in [0.2, 0.25) is 0 Å². The maximum Gasteiger partial charge on any atom is 0.282 e. The molecular formula is C27H15N3O4. The number of non-ortho nitro benzene ring substituents is 1. The van der Waals surface area contributed by atoms with Crippen molar-refractivity contribution >= 4 is 56.0 Å². The van der Waals surface area contributed by atoms with E-state index >= 15 is 0 Å². The Kier molecular flexibility index (Phi) is 4.25. The zero-order valence-corrected chi connectivity index (χ0v) is 17.6. The van der Waals surface area contributed by atoms with E-state index in [1.807, 2.05) is 48.5 Å². The quantitative estimate of drug-likeness (QED) is 0.117. The fourth-order valence-electron chi connectivity index (χ4n) is 4.64. The number of hydrazone groups is 1. The maximum absolute atomic E-state index is 13.3. The number of nitrogens with zero attached hydrogens (tertiary/aromatic N) is 3. The summed E-state index contributed by atoms with van der Waals surface area (Å²) >= 11 is 0. The van der Waals surface area contributed by atoms with E-state index in [4.69, 9.17) is 0 Å². The lowest BCUT2D eigenvalue weighted by Gasteiger charge is -2.23. The zero-order valence-electron chi connectivity index (χ0n) is 17.6. The van der Waals surface area contributed by atoms with Crippen molar-refractivity contribution in [2.45, 2.75) is 0 Å². The van der Waals surface area contributed by atoms with E-state index in [0.29, 0.717) is 0 Å². The van der Waals surface area contributed by atoms with Crippen molar-refractivity contribution in [3.8, 4) is 0 Å². The number of hydrogen-bond donors (Lipinski definition) is 0. The van der Waals surface area contributed by atoms with E-state index in [-0.39, 0.29) is 27.6 Å². The molecule has 0 fully saturated rings. The van der Waals surface area contributed by atoms with Gasteiger partial charge in [0.05, 0.1) is 27.7 Å². The predicted molar refractivity (Wildman–Crippen MR) is 130 cm³/mol. The molecule has 34 heavy (non-hydrogen) atoms. The van der Waals surface area contributed by atoms with Crippen molar-refractivity contribution in [3.05, 3.63) is 112 Å². The molecule has 0 bridgehead atoms. The molecule has 0 aromatic heterocycles. The van der Waals surface area contributed by atoms with E-state index in [2.05, 4.69) is 11.2 Å². The smallest absolute Gasteiger partial charge is 0.267 e. The van der Waals surface area contributed by atoms with Gasteiger partial charge in [-0.3, -0.25) is 19.7 Å². The predicted octanol–water partition coefficient (Wildman–Crippen LogP) is 5.68. The van der Waals surface area contributed by atoms with Crippen LogP contribution in [-0.4, -0.2) is 28.0 Å². The summed E-state index contributed by atoms with van der Waals surface area (Å²) in [6, 6.07) is 25.1. The molecule has 5 aromatic rings. The molecule has 1 aliphatic heterocycles. The molecule has 1 aliphatic rings. The van der Waals surface area contributed by atoms with Crippen LogP contribution in [0, 0.1) is 10.1 Å². The highest BCUT2D eigenvalue weighted by Gasteiger charge is 2.34. The van der Waals surface area contributed by atoms with Crippen molar-refractivity contribution in [1.29, 1.82) is 0 Å². The van der Waals surface area contributed by atoms with Crippen molar-refractivity contribution in [1.82, 2.24) is 5.01 Å². The van der Waals surface area contributed by atoms with Crippen molar-refractivity contribution in [3.63, 3.8) is 0 Å². The molecule has 0 saturated heterocycles. The van der Waals surface area contributed by atoms with Crippen LogP contribution in [0.2, 0.25) is 0 Å². The first kappa shape index (κ1) is 19.8. The third-order valence-electron chi connectivity index (χ3n) is 6.18. The number of hydrogen-bond acceptors (Lipinski definition) is 5. The van der Waals surface area contributed by atoms with E-state index in [9.17, 15) is 19.7 Å². The Hall–Kier alpha value is -4.91. The van der Waals surface area contributed by atoms with Crippen LogP contribution in [-0.2, 0) is 0 Å². The van der Waals surface area contributed by atoms with Gasteiger partial charge in [0.1, 0.15) is 0 Å². The fourth-order valence-corrected chi connectivity index (χ4v) is 4.64. The first-order valence-corrected chi connectivity index (χ1v) is 10.6. The van der Waals surface area contributed by atoms with E-state index in [0.717, 1.165) is 32.1 Å². The summed E-state index contributed by atoms with van der Waals surface area (Å²) in [6.45, 7) is 0. The Labute approximate surface area is 192 Å². The van der Waals surface area contributed by atoms with Crippen molar-refractivity contribution < 1.29 is 14.5 Å². The molecule has 1 heterocycles. The highest BCUT2D eigenvalue weighted by Crippen LogP contribution is 2.35. The minimum atomic E-state index is -0.621. The van der Waals surface area contributed by atoms with Gasteiger partial charge in [-0.25, -0.2) is 0 Å². The number of fused-ring (bicyclic) bond motifs is 2.